The molecule has 16 heavy (non-hydrogen) atoms. The van der Waals surface area contributed by atoms with Crippen LogP contribution in [0.3, 0.4) is 0 Å². The Hall–Kier alpha value is -1.50. The second-order valence-electron chi connectivity index (χ2n) is 3.28. The Kier molecular flexibility index (Phi) is 3.45. The molecular weight excluding hydrogens is 215 g/mol. The fourth-order valence-electron chi connectivity index (χ4n) is 1.33. The summed E-state index contributed by atoms with van der Waals surface area (Å²) in [7, 11) is 0. The fourth-order valence-corrected chi connectivity index (χ4v) is 1.33. The number of nitrogens with one attached hydrogen (secondary N) is 2. The van der Waals surface area contributed by atoms with Gasteiger partial charge in [-0.05, 0) is 12.1 Å². The van der Waals surface area contributed by atoms with Crippen LogP contribution in [0.25, 0.3) is 0 Å². The first-order valence-corrected chi connectivity index (χ1v) is 4.85. The molecule has 0 spiro atoms. The van der Waals surface area contributed by atoms with E-state index in [0.717, 1.165) is 0 Å². The van der Waals surface area contributed by atoms with Gasteiger partial charge in [-0.15, -0.1) is 0 Å². The summed E-state index contributed by atoms with van der Waals surface area (Å²) >= 11 is 0. The maximum absolute atomic E-state index is 13.3. The van der Waals surface area contributed by atoms with Gasteiger partial charge in [0.25, 0.3) is 5.91 Å². The Morgan fingerprint density at radius 1 is 1.50 bits per heavy atom. The van der Waals surface area contributed by atoms with E-state index in [9.17, 15) is 9.18 Å². The first-order chi connectivity index (χ1) is 7.77. The maximum Gasteiger partial charge on any atom is 0.256 e. The third kappa shape index (κ3) is 2.54. The summed E-state index contributed by atoms with van der Waals surface area (Å²) in [5, 5.41) is 2.53. The molecule has 6 heteroatoms. The number of amides is 1. The van der Waals surface area contributed by atoms with Crippen LogP contribution in [-0.2, 0) is 9.68 Å². The predicted octanol–water partition coefficient (Wildman–Crippen LogP) is 0.738. The lowest BCUT2D eigenvalue weighted by Gasteiger charge is -2.23. The Balaban J connectivity index is 2.00. The molecule has 0 bridgehead atoms. The smallest absolute Gasteiger partial charge is 0.256 e. The van der Waals surface area contributed by atoms with Crippen molar-refractivity contribution in [3.05, 3.63) is 35.6 Å². The summed E-state index contributed by atoms with van der Waals surface area (Å²) in [5.41, 5.74) is 2.20. The lowest BCUT2D eigenvalue weighted by molar-refractivity contribution is -0.242. The second-order valence-corrected chi connectivity index (χ2v) is 3.28. The molecule has 0 saturated carbocycles. The van der Waals surface area contributed by atoms with Crippen LogP contribution in [-0.4, -0.2) is 18.7 Å². The van der Waals surface area contributed by atoms with Crippen molar-refractivity contribution in [2.24, 2.45) is 0 Å². The van der Waals surface area contributed by atoms with Gasteiger partial charge in [-0.1, -0.05) is 17.8 Å². The maximum atomic E-state index is 13.3. The molecule has 86 valence electrons. The molecule has 0 aliphatic carbocycles. The van der Waals surface area contributed by atoms with Crippen molar-refractivity contribution < 1.29 is 18.9 Å². The fraction of sp³-hybridized carbons (Fsp3) is 0.300. The molecule has 2 N–H and O–H groups in total. The number of hydrogen-bond donors (Lipinski definition) is 2. The molecule has 2 rings (SSSR count). The van der Waals surface area contributed by atoms with Crippen LogP contribution in [0.1, 0.15) is 16.8 Å². The zero-order valence-electron chi connectivity index (χ0n) is 8.40. The molecule has 1 heterocycles. The number of carbonyl (C=O) groups excluding carboxylic acids is 1. The molecular formula is C10H11FN2O3. The van der Waals surface area contributed by atoms with Crippen LogP contribution in [0, 0.1) is 5.82 Å². The van der Waals surface area contributed by atoms with Gasteiger partial charge in [0.15, 0.2) is 6.23 Å². The Morgan fingerprint density at radius 3 is 3.00 bits per heavy atom. The zero-order valence-corrected chi connectivity index (χ0v) is 8.40. The molecule has 1 fully saturated rings. The van der Waals surface area contributed by atoms with Crippen molar-refractivity contribution in [1.82, 2.24) is 11.0 Å². The molecule has 1 aromatic rings. The Morgan fingerprint density at radius 2 is 2.31 bits per heavy atom. The van der Waals surface area contributed by atoms with E-state index in [0.29, 0.717) is 13.0 Å². The number of halogens is 1. The third-order valence-electron chi connectivity index (χ3n) is 2.14. The lowest BCUT2D eigenvalue weighted by Crippen LogP contribution is -2.44. The van der Waals surface area contributed by atoms with Gasteiger partial charge < -0.3 is 5.32 Å². The summed E-state index contributed by atoms with van der Waals surface area (Å²) in [4.78, 5) is 21.2. The minimum absolute atomic E-state index is 0.00223. The van der Waals surface area contributed by atoms with Gasteiger partial charge in [0.2, 0.25) is 0 Å². The quantitative estimate of drug-likeness (QED) is 0.780. The van der Waals surface area contributed by atoms with Gasteiger partial charge in [-0.3, -0.25) is 14.5 Å². The van der Waals surface area contributed by atoms with Crippen LogP contribution in [0.15, 0.2) is 24.3 Å². The van der Waals surface area contributed by atoms with Crippen LogP contribution in [0.4, 0.5) is 4.39 Å². The van der Waals surface area contributed by atoms with Crippen LogP contribution >= 0.6 is 0 Å². The minimum Gasteiger partial charge on any atom is -0.325 e. The van der Waals surface area contributed by atoms with Crippen molar-refractivity contribution in [3.8, 4) is 0 Å². The summed E-state index contributed by atoms with van der Waals surface area (Å²) in [6.45, 7) is 0.419. The summed E-state index contributed by atoms with van der Waals surface area (Å²) in [6, 6.07) is 5.77. The summed E-state index contributed by atoms with van der Waals surface area (Å²) in [6.07, 6.45) is -0.00596. The summed E-state index contributed by atoms with van der Waals surface area (Å²) in [5.74, 6) is -1.06. The van der Waals surface area contributed by atoms with Crippen LogP contribution < -0.4 is 11.0 Å². The molecule has 5 nitrogen and oxygen atoms in total. The molecule has 1 saturated heterocycles. The van der Waals surface area contributed by atoms with E-state index in [1.807, 2.05) is 0 Å². The van der Waals surface area contributed by atoms with E-state index in [4.69, 9.17) is 9.68 Å². The van der Waals surface area contributed by atoms with Gasteiger partial charge in [0.05, 0.1) is 12.2 Å². The molecule has 1 aliphatic rings. The number of benzene rings is 1. The zero-order chi connectivity index (χ0) is 11.4. The van der Waals surface area contributed by atoms with E-state index in [-0.39, 0.29) is 5.56 Å². The highest BCUT2D eigenvalue weighted by Gasteiger charge is 2.19. The highest BCUT2D eigenvalue weighted by atomic mass is 19.1. The standard InChI is InChI=1S/C10H11FN2O3/c11-8-4-2-1-3-7(8)10(14)12-9-5-6-15-13-16-9/h1-4,9,13H,5-6H2,(H,12,14)/t9-/m0/s1. The largest absolute Gasteiger partial charge is 0.325 e. The molecule has 0 unspecified atom stereocenters. The second kappa shape index (κ2) is 5.02. The van der Waals surface area contributed by atoms with Gasteiger partial charge in [0, 0.05) is 6.42 Å². The highest BCUT2D eigenvalue weighted by Crippen LogP contribution is 2.07. The van der Waals surface area contributed by atoms with Gasteiger partial charge in [-0.25, -0.2) is 4.39 Å². The van der Waals surface area contributed by atoms with E-state index in [1.54, 1.807) is 6.07 Å². The molecule has 1 aromatic carbocycles. The van der Waals surface area contributed by atoms with Crippen molar-refractivity contribution in [1.29, 1.82) is 0 Å². The van der Waals surface area contributed by atoms with E-state index < -0.39 is 18.0 Å². The average molecular weight is 226 g/mol. The van der Waals surface area contributed by atoms with Crippen molar-refractivity contribution in [2.75, 3.05) is 6.61 Å². The summed E-state index contributed by atoms with van der Waals surface area (Å²) < 4.78 is 13.3. The number of rotatable bonds is 2. The van der Waals surface area contributed by atoms with Crippen molar-refractivity contribution >= 4 is 5.91 Å². The van der Waals surface area contributed by atoms with Gasteiger partial charge >= 0.3 is 0 Å². The number of hydrogen-bond acceptors (Lipinski definition) is 4. The molecule has 0 radical (unpaired) electrons. The highest BCUT2D eigenvalue weighted by molar-refractivity contribution is 5.94. The van der Waals surface area contributed by atoms with Crippen LogP contribution in [0.2, 0.25) is 0 Å². The molecule has 1 amide bonds. The third-order valence-corrected chi connectivity index (χ3v) is 2.14. The van der Waals surface area contributed by atoms with Crippen molar-refractivity contribution in [3.63, 3.8) is 0 Å². The predicted molar refractivity (Wildman–Crippen MR) is 52.4 cm³/mol. The first kappa shape index (κ1) is 11.0. The van der Waals surface area contributed by atoms with Gasteiger partial charge in [0.1, 0.15) is 5.82 Å². The SMILES string of the molecule is O=C(N[C@@H]1CCONO1)c1ccccc1F. The molecule has 1 aliphatic heterocycles. The topological polar surface area (TPSA) is 59.6 Å². The van der Waals surface area contributed by atoms with Crippen LogP contribution in [0.5, 0.6) is 0 Å². The number of carbonyl (C=O) groups is 1. The minimum atomic E-state index is -0.556. The molecule has 0 aromatic heterocycles. The average Bonchev–Trinajstić information content (AvgIpc) is 2.31. The molecule has 1 atom stereocenters. The van der Waals surface area contributed by atoms with Gasteiger partial charge in [-0.2, -0.15) is 0 Å². The van der Waals surface area contributed by atoms with Crippen molar-refractivity contribution in [2.45, 2.75) is 12.6 Å². The van der Waals surface area contributed by atoms with E-state index >= 15 is 0 Å². The monoisotopic (exact) mass is 226 g/mol. The van der Waals surface area contributed by atoms with E-state index in [2.05, 4.69) is 11.0 Å². The normalized spacial score (nSPS) is 20.4. The first-order valence-electron chi connectivity index (χ1n) is 4.85. The Bertz CT molecular complexity index is 380. The van der Waals surface area contributed by atoms with E-state index in [1.165, 1.54) is 18.2 Å². The lowest BCUT2D eigenvalue weighted by atomic mass is 10.2. The Labute approximate surface area is 91.4 Å².